The molecule has 2 aliphatic rings. The zero-order chi connectivity index (χ0) is 23.4. The summed E-state index contributed by atoms with van der Waals surface area (Å²) >= 11 is 0. The Kier molecular flexibility index (Phi) is 6.89. The van der Waals surface area contributed by atoms with Crippen molar-refractivity contribution in [2.75, 3.05) is 25.0 Å². The van der Waals surface area contributed by atoms with Crippen LogP contribution in [-0.2, 0) is 12.7 Å². The highest BCUT2D eigenvalue weighted by Crippen LogP contribution is 2.33. The largest absolute Gasteiger partial charge is 0.416 e. The number of benzene rings is 2. The summed E-state index contributed by atoms with van der Waals surface area (Å²) in [6.45, 7) is 3.03. The maximum atomic E-state index is 13.1. The number of rotatable bonds is 6. The van der Waals surface area contributed by atoms with Gasteiger partial charge in [0.05, 0.1) is 17.2 Å². The van der Waals surface area contributed by atoms with Crippen molar-refractivity contribution in [2.24, 2.45) is 5.92 Å². The van der Waals surface area contributed by atoms with Gasteiger partial charge in [-0.15, -0.1) is 0 Å². The smallest absolute Gasteiger partial charge is 0.321 e. The Bertz CT molecular complexity index is 1020. The summed E-state index contributed by atoms with van der Waals surface area (Å²) in [5.74, 6) is 0.476. The Balaban J connectivity index is 1.38. The fraction of sp³-hybridized carbons (Fsp3) is 0.440. The molecule has 1 saturated heterocycles. The van der Waals surface area contributed by atoms with Crippen LogP contribution in [0.25, 0.3) is 0 Å². The summed E-state index contributed by atoms with van der Waals surface area (Å²) in [5, 5.41) is 11.8. The van der Waals surface area contributed by atoms with Crippen molar-refractivity contribution < 1.29 is 18.0 Å². The zero-order valence-corrected chi connectivity index (χ0v) is 18.3. The lowest BCUT2D eigenvalue weighted by Crippen LogP contribution is -2.49. The van der Waals surface area contributed by atoms with Crippen LogP contribution in [0.4, 0.5) is 23.7 Å². The number of alkyl halides is 3. The molecule has 2 aromatic rings. The Hall–Kier alpha value is -3.05. The van der Waals surface area contributed by atoms with Gasteiger partial charge in [-0.05, 0) is 67.5 Å². The first-order chi connectivity index (χ1) is 15.8. The monoisotopic (exact) mass is 456 g/mol. The molecule has 0 atom stereocenters. The lowest BCUT2D eigenvalue weighted by molar-refractivity contribution is -0.137. The fourth-order valence-corrected chi connectivity index (χ4v) is 4.33. The second kappa shape index (κ2) is 9.84. The highest BCUT2D eigenvalue weighted by Gasteiger charge is 2.34. The minimum absolute atomic E-state index is 0.0538. The maximum absolute atomic E-state index is 13.1. The molecule has 1 N–H and O–H groups in total. The Morgan fingerprint density at radius 1 is 1.09 bits per heavy atom. The number of hydrogen-bond donors (Lipinski definition) is 1. The number of piperidine rings is 1. The van der Waals surface area contributed by atoms with E-state index in [0.717, 1.165) is 63.0 Å². The number of nitrogens with zero attached hydrogens (tertiary/aromatic N) is 3. The van der Waals surface area contributed by atoms with Crippen molar-refractivity contribution in [1.82, 2.24) is 9.80 Å². The molecule has 8 heteroatoms. The molecule has 1 saturated carbocycles. The first-order valence-corrected chi connectivity index (χ1v) is 11.3. The van der Waals surface area contributed by atoms with Crippen LogP contribution in [0.15, 0.2) is 48.5 Å². The van der Waals surface area contributed by atoms with Crippen LogP contribution < -0.4 is 5.32 Å². The highest BCUT2D eigenvalue weighted by atomic mass is 19.4. The zero-order valence-electron chi connectivity index (χ0n) is 18.3. The first kappa shape index (κ1) is 23.1. The van der Waals surface area contributed by atoms with Crippen molar-refractivity contribution >= 4 is 11.7 Å². The van der Waals surface area contributed by atoms with E-state index < -0.39 is 11.7 Å². The number of carbonyl (C=O) groups excluding carboxylic acids is 1. The minimum atomic E-state index is -4.45. The van der Waals surface area contributed by atoms with Gasteiger partial charge in [0.2, 0.25) is 0 Å². The van der Waals surface area contributed by atoms with Gasteiger partial charge in [-0.3, -0.25) is 4.90 Å². The molecule has 2 amide bonds. The van der Waals surface area contributed by atoms with Crippen LogP contribution in [0.5, 0.6) is 0 Å². The van der Waals surface area contributed by atoms with E-state index in [-0.39, 0.29) is 17.8 Å². The van der Waals surface area contributed by atoms with Crippen LogP contribution in [-0.4, -0.2) is 41.5 Å². The average Bonchev–Trinajstić information content (AvgIpc) is 3.62. The fourth-order valence-electron chi connectivity index (χ4n) is 4.33. The molecule has 0 spiro atoms. The number of anilines is 1. The quantitative estimate of drug-likeness (QED) is 0.626. The van der Waals surface area contributed by atoms with Crippen LogP contribution in [0, 0.1) is 17.2 Å². The van der Waals surface area contributed by atoms with E-state index >= 15 is 0 Å². The Morgan fingerprint density at radius 3 is 2.48 bits per heavy atom. The summed E-state index contributed by atoms with van der Waals surface area (Å²) in [6.07, 6.45) is -0.668. The molecule has 0 aromatic heterocycles. The maximum Gasteiger partial charge on any atom is 0.416 e. The van der Waals surface area contributed by atoms with Gasteiger partial charge in [-0.25, -0.2) is 4.79 Å². The number of nitrogens with one attached hydrogen (secondary N) is 1. The number of urea groups is 1. The van der Waals surface area contributed by atoms with Gasteiger partial charge in [-0.2, -0.15) is 18.4 Å². The predicted molar refractivity (Wildman–Crippen MR) is 119 cm³/mol. The molecule has 4 rings (SSSR count). The van der Waals surface area contributed by atoms with Crippen LogP contribution >= 0.6 is 0 Å². The summed E-state index contributed by atoms with van der Waals surface area (Å²) in [6, 6.07) is 14.2. The molecule has 1 heterocycles. The van der Waals surface area contributed by atoms with Gasteiger partial charge in [0.25, 0.3) is 0 Å². The van der Waals surface area contributed by atoms with Crippen LogP contribution in [0.1, 0.15) is 42.4 Å². The molecule has 5 nitrogen and oxygen atoms in total. The Labute approximate surface area is 191 Å². The molecule has 2 fully saturated rings. The molecule has 0 unspecified atom stereocenters. The Morgan fingerprint density at radius 2 is 1.82 bits per heavy atom. The van der Waals surface area contributed by atoms with Gasteiger partial charge in [0.15, 0.2) is 0 Å². The number of amides is 2. The van der Waals surface area contributed by atoms with E-state index in [9.17, 15) is 18.0 Å². The van der Waals surface area contributed by atoms with E-state index in [2.05, 4.69) is 16.3 Å². The highest BCUT2D eigenvalue weighted by molar-refractivity contribution is 5.89. The van der Waals surface area contributed by atoms with E-state index in [1.165, 1.54) is 12.1 Å². The van der Waals surface area contributed by atoms with E-state index in [1.807, 2.05) is 23.1 Å². The summed E-state index contributed by atoms with van der Waals surface area (Å²) < 4.78 is 39.1. The minimum Gasteiger partial charge on any atom is -0.321 e. The molecular formula is C25H27F3N4O. The third-order valence-electron chi connectivity index (χ3n) is 6.31. The van der Waals surface area contributed by atoms with Crippen molar-refractivity contribution in [3.8, 4) is 6.07 Å². The number of hydrogen-bond acceptors (Lipinski definition) is 3. The molecule has 2 aromatic carbocycles. The van der Waals surface area contributed by atoms with Crippen molar-refractivity contribution in [3.63, 3.8) is 0 Å². The van der Waals surface area contributed by atoms with Gasteiger partial charge < -0.3 is 10.2 Å². The lowest BCUT2D eigenvalue weighted by Gasteiger charge is -2.38. The van der Waals surface area contributed by atoms with Crippen molar-refractivity contribution in [2.45, 2.75) is 44.4 Å². The lowest BCUT2D eigenvalue weighted by atomic mass is 10.0. The molecular weight excluding hydrogens is 429 g/mol. The van der Waals surface area contributed by atoms with Gasteiger partial charge in [0, 0.05) is 37.9 Å². The second-order valence-corrected chi connectivity index (χ2v) is 8.92. The van der Waals surface area contributed by atoms with E-state index in [4.69, 9.17) is 5.26 Å². The summed E-state index contributed by atoms with van der Waals surface area (Å²) in [5.41, 5.74) is 1.11. The molecule has 0 bridgehead atoms. The van der Waals surface area contributed by atoms with Gasteiger partial charge >= 0.3 is 12.2 Å². The van der Waals surface area contributed by atoms with E-state index in [1.54, 1.807) is 6.07 Å². The predicted octanol–water partition coefficient (Wildman–Crippen LogP) is 5.49. The molecule has 33 heavy (non-hydrogen) atoms. The average molecular weight is 457 g/mol. The van der Waals surface area contributed by atoms with E-state index in [0.29, 0.717) is 18.0 Å². The van der Waals surface area contributed by atoms with Crippen molar-refractivity contribution in [3.05, 3.63) is 65.2 Å². The molecule has 174 valence electrons. The second-order valence-electron chi connectivity index (χ2n) is 8.92. The van der Waals surface area contributed by atoms with Gasteiger partial charge in [-0.1, -0.05) is 18.2 Å². The number of halogens is 3. The van der Waals surface area contributed by atoms with Gasteiger partial charge in [0.1, 0.15) is 0 Å². The van der Waals surface area contributed by atoms with Crippen LogP contribution in [0.3, 0.4) is 0 Å². The third kappa shape index (κ3) is 6.26. The molecule has 1 aliphatic carbocycles. The third-order valence-corrected chi connectivity index (χ3v) is 6.31. The molecule has 1 aliphatic heterocycles. The molecule has 0 radical (unpaired) electrons. The SMILES string of the molecule is N#Cc1cccc(CN2CCC(N(CC3CC3)C(=O)Nc3cccc(C(F)(F)F)c3)CC2)c1. The first-order valence-electron chi connectivity index (χ1n) is 11.3. The number of nitriles is 1. The van der Waals surface area contributed by atoms with Crippen LogP contribution in [0.2, 0.25) is 0 Å². The summed E-state index contributed by atoms with van der Waals surface area (Å²) in [7, 11) is 0. The standard InChI is InChI=1S/C25H27F3N4O/c26-25(27,28)21-5-2-6-22(14-21)30-24(33)32(17-18-7-8-18)23-9-11-31(12-10-23)16-20-4-1-3-19(13-20)15-29/h1-6,13-14,18,23H,7-12,16-17H2,(H,30,33). The van der Waals surface area contributed by atoms with Crippen molar-refractivity contribution in [1.29, 1.82) is 5.26 Å². The summed E-state index contributed by atoms with van der Waals surface area (Å²) in [4.78, 5) is 17.2. The topological polar surface area (TPSA) is 59.4 Å². The number of carbonyl (C=O) groups is 1. The number of likely N-dealkylation sites (tertiary alicyclic amines) is 1. The normalized spacial score (nSPS) is 17.4.